The van der Waals surface area contributed by atoms with Crippen LogP contribution in [0.1, 0.15) is 30.6 Å². The number of carbonyl (C=O) groups excluding carboxylic acids is 1. The van der Waals surface area contributed by atoms with E-state index in [4.69, 9.17) is 5.11 Å². The Morgan fingerprint density at radius 2 is 2.04 bits per heavy atom. The van der Waals surface area contributed by atoms with E-state index in [1.165, 1.54) is 24.1 Å². The zero-order valence-corrected chi connectivity index (χ0v) is 15.7. The maximum absolute atomic E-state index is 12.7. The molecule has 0 bridgehead atoms. The number of nitrogens with one attached hydrogen (secondary N) is 1. The number of ether oxygens (including phenoxy) is 2. The Morgan fingerprint density at radius 1 is 1.36 bits per heavy atom. The van der Waals surface area contributed by atoms with E-state index < -0.39 is 24.2 Å². The molecule has 1 saturated heterocycles. The van der Waals surface area contributed by atoms with Gasteiger partial charge >= 0.3 is 18.4 Å². The topological polar surface area (TPSA) is 88.1 Å². The van der Waals surface area contributed by atoms with Crippen LogP contribution in [-0.4, -0.2) is 54.7 Å². The maximum atomic E-state index is 12.7. The minimum Gasteiger partial charge on any atom is -0.465 e. The van der Waals surface area contributed by atoms with Crippen molar-refractivity contribution in [2.75, 3.05) is 25.5 Å². The fourth-order valence-corrected chi connectivity index (χ4v) is 3.53. The molecule has 0 spiro atoms. The van der Waals surface area contributed by atoms with Gasteiger partial charge < -0.3 is 24.8 Å². The molecule has 28 heavy (non-hydrogen) atoms. The Bertz CT molecular complexity index is 726. The molecule has 0 aliphatic carbocycles. The minimum absolute atomic E-state index is 0.00289. The van der Waals surface area contributed by atoms with E-state index in [-0.39, 0.29) is 29.1 Å². The van der Waals surface area contributed by atoms with E-state index >= 15 is 0 Å². The summed E-state index contributed by atoms with van der Waals surface area (Å²) in [6.07, 6.45) is -5.31. The smallest absolute Gasteiger partial charge is 0.465 e. The standard InChI is InChI=1S/C18H23F3N2O5/c1-10-9-23(17(25)26)7-6-13(10)11(2)22-14-8-12(16(24)27-3)4-5-15(14)28-18(19,20)21/h4-5,8,10-11,13,22H,6-7,9H2,1-3H3,(H,25,26)/t10-,11+,13+/m1/s1. The fourth-order valence-electron chi connectivity index (χ4n) is 3.53. The lowest BCUT2D eigenvalue weighted by molar-refractivity contribution is -0.274. The van der Waals surface area contributed by atoms with Crippen molar-refractivity contribution in [1.82, 2.24) is 4.90 Å². The lowest BCUT2D eigenvalue weighted by atomic mass is 9.82. The molecule has 1 fully saturated rings. The molecule has 2 rings (SSSR count). The fraction of sp³-hybridized carbons (Fsp3) is 0.556. The molecule has 1 heterocycles. The highest BCUT2D eigenvalue weighted by Crippen LogP contribution is 2.34. The summed E-state index contributed by atoms with van der Waals surface area (Å²) in [5.74, 6) is -1.11. The van der Waals surface area contributed by atoms with Crippen LogP contribution in [0.4, 0.5) is 23.7 Å². The van der Waals surface area contributed by atoms with Crippen molar-refractivity contribution in [3.05, 3.63) is 23.8 Å². The number of halogens is 3. The van der Waals surface area contributed by atoms with Crippen LogP contribution in [0.15, 0.2) is 18.2 Å². The molecule has 0 unspecified atom stereocenters. The summed E-state index contributed by atoms with van der Waals surface area (Å²) in [7, 11) is 1.18. The number of amides is 1. The number of benzene rings is 1. The Kier molecular flexibility index (Phi) is 6.63. The van der Waals surface area contributed by atoms with E-state index in [9.17, 15) is 22.8 Å². The number of nitrogens with zero attached hydrogens (tertiary/aromatic N) is 1. The number of piperidine rings is 1. The second-order valence-electron chi connectivity index (χ2n) is 6.84. The van der Waals surface area contributed by atoms with Gasteiger partial charge in [0.25, 0.3) is 0 Å². The van der Waals surface area contributed by atoms with Gasteiger partial charge in [0.1, 0.15) is 0 Å². The number of rotatable bonds is 5. The third-order valence-electron chi connectivity index (χ3n) is 4.89. The molecule has 1 amide bonds. The molecule has 2 N–H and O–H groups in total. The van der Waals surface area contributed by atoms with Crippen molar-refractivity contribution in [3.8, 4) is 5.75 Å². The predicted octanol–water partition coefficient (Wildman–Crippen LogP) is 3.81. The molecule has 0 saturated carbocycles. The van der Waals surface area contributed by atoms with E-state index in [0.717, 1.165) is 6.07 Å². The number of hydrogen-bond acceptors (Lipinski definition) is 5. The van der Waals surface area contributed by atoms with Crippen molar-refractivity contribution in [2.24, 2.45) is 11.8 Å². The van der Waals surface area contributed by atoms with Gasteiger partial charge in [-0.3, -0.25) is 0 Å². The van der Waals surface area contributed by atoms with E-state index in [2.05, 4.69) is 14.8 Å². The van der Waals surface area contributed by atoms with Crippen LogP contribution >= 0.6 is 0 Å². The molecular formula is C18H23F3N2O5. The number of carboxylic acid groups (broad SMARTS) is 1. The number of hydrogen-bond donors (Lipinski definition) is 2. The van der Waals surface area contributed by atoms with E-state index in [1.54, 1.807) is 6.92 Å². The summed E-state index contributed by atoms with van der Waals surface area (Å²) in [5, 5.41) is 12.1. The third kappa shape index (κ3) is 5.43. The van der Waals surface area contributed by atoms with Crippen LogP contribution in [-0.2, 0) is 4.74 Å². The highest BCUT2D eigenvalue weighted by molar-refractivity contribution is 5.91. The van der Waals surface area contributed by atoms with Crippen LogP contribution in [0.2, 0.25) is 0 Å². The highest BCUT2D eigenvalue weighted by atomic mass is 19.4. The van der Waals surface area contributed by atoms with Gasteiger partial charge in [0.2, 0.25) is 0 Å². The highest BCUT2D eigenvalue weighted by Gasteiger charge is 2.34. The molecule has 156 valence electrons. The van der Waals surface area contributed by atoms with Gasteiger partial charge in [0, 0.05) is 19.1 Å². The van der Waals surface area contributed by atoms with Crippen molar-refractivity contribution < 1.29 is 37.3 Å². The van der Waals surface area contributed by atoms with Gasteiger partial charge in [-0.05, 0) is 43.4 Å². The van der Waals surface area contributed by atoms with Crippen molar-refractivity contribution >= 4 is 17.7 Å². The number of alkyl halides is 3. The second kappa shape index (κ2) is 8.57. The lowest BCUT2D eigenvalue weighted by Gasteiger charge is -2.39. The first-order chi connectivity index (χ1) is 13.0. The molecule has 7 nitrogen and oxygen atoms in total. The largest absolute Gasteiger partial charge is 0.573 e. The van der Waals surface area contributed by atoms with Gasteiger partial charge in [0.15, 0.2) is 5.75 Å². The quantitative estimate of drug-likeness (QED) is 0.726. The van der Waals surface area contributed by atoms with Crippen LogP contribution in [0.25, 0.3) is 0 Å². The number of methoxy groups -OCH3 is 1. The summed E-state index contributed by atoms with van der Waals surface area (Å²) in [5.41, 5.74) is 0.0982. The van der Waals surface area contributed by atoms with E-state index in [1.807, 2.05) is 6.92 Å². The third-order valence-corrected chi connectivity index (χ3v) is 4.89. The zero-order chi connectivity index (χ0) is 21.1. The molecule has 10 heteroatoms. The minimum atomic E-state index is -4.88. The van der Waals surface area contributed by atoms with Gasteiger partial charge in [-0.25, -0.2) is 9.59 Å². The van der Waals surface area contributed by atoms with Crippen LogP contribution in [0.3, 0.4) is 0 Å². The lowest BCUT2D eigenvalue weighted by Crippen LogP contribution is -2.46. The number of carbonyl (C=O) groups is 2. The molecule has 1 aliphatic rings. The van der Waals surface area contributed by atoms with Crippen LogP contribution in [0, 0.1) is 11.8 Å². The number of anilines is 1. The Hall–Kier alpha value is -2.65. The molecule has 0 radical (unpaired) electrons. The van der Waals surface area contributed by atoms with Crippen LogP contribution in [0.5, 0.6) is 5.75 Å². The Balaban J connectivity index is 2.22. The summed E-state index contributed by atoms with van der Waals surface area (Å²) < 4.78 is 46.8. The molecule has 1 aromatic carbocycles. The van der Waals surface area contributed by atoms with Gasteiger partial charge in [-0.2, -0.15) is 0 Å². The average molecular weight is 404 g/mol. The first-order valence-electron chi connectivity index (χ1n) is 8.74. The Labute approximate surface area is 160 Å². The van der Waals surface area contributed by atoms with Gasteiger partial charge in [-0.1, -0.05) is 6.92 Å². The summed E-state index contributed by atoms with van der Waals surface area (Å²) in [4.78, 5) is 24.2. The maximum Gasteiger partial charge on any atom is 0.573 e. The molecule has 1 aromatic rings. The number of likely N-dealkylation sites (tertiary alicyclic amines) is 1. The monoisotopic (exact) mass is 404 g/mol. The first-order valence-corrected chi connectivity index (χ1v) is 8.74. The van der Waals surface area contributed by atoms with Gasteiger partial charge in [-0.15, -0.1) is 13.2 Å². The normalized spacial score (nSPS) is 21.0. The van der Waals surface area contributed by atoms with Crippen LogP contribution < -0.4 is 10.1 Å². The predicted molar refractivity (Wildman–Crippen MR) is 94.4 cm³/mol. The summed E-state index contributed by atoms with van der Waals surface area (Å²) >= 11 is 0. The Morgan fingerprint density at radius 3 is 2.57 bits per heavy atom. The number of esters is 1. The molecular weight excluding hydrogens is 381 g/mol. The van der Waals surface area contributed by atoms with Crippen molar-refractivity contribution in [3.63, 3.8) is 0 Å². The summed E-state index contributed by atoms with van der Waals surface area (Å²) in [6.45, 7) is 4.40. The second-order valence-corrected chi connectivity index (χ2v) is 6.84. The van der Waals surface area contributed by atoms with Crippen molar-refractivity contribution in [1.29, 1.82) is 0 Å². The van der Waals surface area contributed by atoms with Gasteiger partial charge in [0.05, 0.1) is 18.4 Å². The average Bonchev–Trinajstić information content (AvgIpc) is 2.60. The van der Waals surface area contributed by atoms with Crippen molar-refractivity contribution in [2.45, 2.75) is 32.7 Å². The van der Waals surface area contributed by atoms with E-state index in [0.29, 0.717) is 19.5 Å². The molecule has 1 aliphatic heterocycles. The SMILES string of the molecule is COC(=O)c1ccc(OC(F)(F)F)c(N[C@@H](C)[C@H]2CCN(C(=O)O)C[C@H]2C)c1. The summed E-state index contributed by atoms with van der Waals surface area (Å²) in [6, 6.07) is 3.22. The molecule has 3 atom stereocenters. The first kappa shape index (κ1) is 21.6. The zero-order valence-electron chi connectivity index (χ0n) is 15.7. The molecule has 0 aromatic heterocycles.